The topological polar surface area (TPSA) is 54.5 Å². The zero-order chi connectivity index (χ0) is 20.1. The van der Waals surface area contributed by atoms with Crippen molar-refractivity contribution in [3.05, 3.63) is 82.5 Å². The molecule has 3 aromatic rings. The number of carbonyl (C=O) groups excluding carboxylic acids is 1. The fourth-order valence-corrected chi connectivity index (χ4v) is 2.97. The minimum Gasteiger partial charge on any atom is -0.495 e. The fraction of sp³-hybridized carbons (Fsp3) is 0.182. The number of benzene rings is 2. The number of ether oxygens (including phenoxy) is 1. The van der Waals surface area contributed by atoms with Crippen molar-refractivity contribution >= 4 is 29.0 Å². The van der Waals surface area contributed by atoms with Crippen LogP contribution in [-0.2, 0) is 6.54 Å². The largest absolute Gasteiger partial charge is 0.495 e. The lowest BCUT2D eigenvalue weighted by Crippen LogP contribution is -2.26. The van der Waals surface area contributed by atoms with E-state index in [-0.39, 0.29) is 5.91 Å². The Balaban J connectivity index is 1.71. The highest BCUT2D eigenvalue weighted by Gasteiger charge is 2.13. The number of nitrogens with zero attached hydrogens (tertiary/aromatic N) is 2. The Morgan fingerprint density at radius 1 is 1.18 bits per heavy atom. The molecule has 0 atom stereocenters. The summed E-state index contributed by atoms with van der Waals surface area (Å²) in [4.78, 5) is 18.7. The molecular formula is C22H22ClN3O2. The van der Waals surface area contributed by atoms with Crippen LogP contribution >= 0.6 is 11.6 Å². The van der Waals surface area contributed by atoms with Gasteiger partial charge in [0.2, 0.25) is 0 Å². The number of rotatable bonds is 6. The van der Waals surface area contributed by atoms with Crippen molar-refractivity contribution < 1.29 is 9.53 Å². The van der Waals surface area contributed by atoms with Gasteiger partial charge in [-0.25, -0.2) is 4.98 Å². The molecule has 0 unspecified atom stereocenters. The molecule has 2 aromatic carbocycles. The van der Waals surface area contributed by atoms with Gasteiger partial charge in [0.05, 0.1) is 18.4 Å². The second-order valence-electron chi connectivity index (χ2n) is 6.51. The first-order chi connectivity index (χ1) is 13.5. The number of methoxy groups -OCH3 is 1. The van der Waals surface area contributed by atoms with E-state index < -0.39 is 0 Å². The summed E-state index contributed by atoms with van der Waals surface area (Å²) in [6, 6.07) is 17.1. The van der Waals surface area contributed by atoms with Gasteiger partial charge < -0.3 is 15.0 Å². The van der Waals surface area contributed by atoms with E-state index in [0.29, 0.717) is 28.7 Å². The predicted octanol–water partition coefficient (Wildman–Crippen LogP) is 5.07. The quantitative estimate of drug-likeness (QED) is 0.633. The van der Waals surface area contributed by atoms with E-state index in [1.807, 2.05) is 43.3 Å². The van der Waals surface area contributed by atoms with Gasteiger partial charge in [0.15, 0.2) is 0 Å². The van der Waals surface area contributed by atoms with Crippen LogP contribution in [0.5, 0.6) is 5.75 Å². The van der Waals surface area contributed by atoms with Crippen LogP contribution in [0.1, 0.15) is 21.5 Å². The molecule has 144 valence electrons. The summed E-state index contributed by atoms with van der Waals surface area (Å²) in [5.41, 5.74) is 3.30. The molecule has 0 saturated heterocycles. The lowest BCUT2D eigenvalue weighted by molar-refractivity contribution is 0.0784. The normalized spacial score (nSPS) is 10.4. The summed E-state index contributed by atoms with van der Waals surface area (Å²) in [5.74, 6) is 1.16. The molecule has 0 aliphatic rings. The molecule has 6 heteroatoms. The molecule has 0 radical (unpaired) electrons. The zero-order valence-corrected chi connectivity index (χ0v) is 16.8. The number of aryl methyl sites for hydroxylation is 1. The maximum absolute atomic E-state index is 12.6. The van der Waals surface area contributed by atoms with Crippen LogP contribution in [0.4, 0.5) is 11.5 Å². The number of hydrogen-bond acceptors (Lipinski definition) is 4. The lowest BCUT2D eigenvalue weighted by Gasteiger charge is -2.17. The summed E-state index contributed by atoms with van der Waals surface area (Å²) >= 11 is 6.15. The molecule has 0 aliphatic heterocycles. The molecule has 1 heterocycles. The van der Waals surface area contributed by atoms with Gasteiger partial charge in [-0.3, -0.25) is 4.79 Å². The van der Waals surface area contributed by atoms with E-state index in [1.54, 1.807) is 43.5 Å². The highest BCUT2D eigenvalue weighted by atomic mass is 35.5. The van der Waals surface area contributed by atoms with Gasteiger partial charge in [-0.1, -0.05) is 41.9 Å². The Bertz CT molecular complexity index is 960. The van der Waals surface area contributed by atoms with E-state index in [4.69, 9.17) is 16.3 Å². The highest BCUT2D eigenvalue weighted by Crippen LogP contribution is 2.32. The first kappa shape index (κ1) is 19.7. The number of aromatic nitrogens is 1. The van der Waals surface area contributed by atoms with Crippen LogP contribution < -0.4 is 10.1 Å². The Kier molecular flexibility index (Phi) is 6.16. The van der Waals surface area contributed by atoms with Crippen molar-refractivity contribution in [2.45, 2.75) is 13.5 Å². The molecule has 1 amide bonds. The fourth-order valence-electron chi connectivity index (χ4n) is 2.81. The van der Waals surface area contributed by atoms with E-state index in [2.05, 4.69) is 10.3 Å². The average molecular weight is 396 g/mol. The summed E-state index contributed by atoms with van der Waals surface area (Å²) in [5, 5.41) is 3.84. The molecular weight excluding hydrogens is 374 g/mol. The molecule has 0 saturated carbocycles. The smallest absolute Gasteiger partial charge is 0.255 e. The second-order valence-corrected chi connectivity index (χ2v) is 6.91. The van der Waals surface area contributed by atoms with Crippen molar-refractivity contribution in [3.8, 4) is 5.75 Å². The number of anilines is 2. The average Bonchev–Trinajstić information content (AvgIpc) is 2.71. The Hall–Kier alpha value is -3.05. The maximum Gasteiger partial charge on any atom is 0.255 e. The van der Waals surface area contributed by atoms with Gasteiger partial charge in [0.1, 0.15) is 11.6 Å². The molecule has 1 N–H and O–H groups in total. The van der Waals surface area contributed by atoms with Gasteiger partial charge in [0, 0.05) is 30.9 Å². The molecule has 0 aliphatic carbocycles. The van der Waals surface area contributed by atoms with Crippen LogP contribution in [0.2, 0.25) is 5.02 Å². The Labute approximate surface area is 169 Å². The molecule has 3 rings (SSSR count). The Morgan fingerprint density at radius 2 is 1.93 bits per heavy atom. The number of pyridine rings is 1. The summed E-state index contributed by atoms with van der Waals surface area (Å²) in [6.45, 7) is 2.46. The van der Waals surface area contributed by atoms with Gasteiger partial charge >= 0.3 is 0 Å². The third-order valence-corrected chi connectivity index (χ3v) is 4.77. The van der Waals surface area contributed by atoms with Gasteiger partial charge in [-0.05, 0) is 36.2 Å². The van der Waals surface area contributed by atoms with Gasteiger partial charge in [0.25, 0.3) is 5.91 Å². The third kappa shape index (κ3) is 4.61. The number of amides is 1. The molecule has 5 nitrogen and oxygen atoms in total. The van der Waals surface area contributed by atoms with Crippen molar-refractivity contribution in [1.82, 2.24) is 9.88 Å². The van der Waals surface area contributed by atoms with Crippen LogP contribution in [0, 0.1) is 6.92 Å². The van der Waals surface area contributed by atoms with Crippen LogP contribution in [-0.4, -0.2) is 29.9 Å². The first-order valence-electron chi connectivity index (χ1n) is 8.84. The van der Waals surface area contributed by atoms with Crippen molar-refractivity contribution in [1.29, 1.82) is 0 Å². The molecule has 0 fully saturated rings. The lowest BCUT2D eigenvalue weighted by atomic mass is 10.2. The SMILES string of the molecule is COc1cc(Cl)c(C)cc1Nc1ccc(C(=O)N(C)Cc2ccccc2)cn1. The predicted molar refractivity (Wildman–Crippen MR) is 113 cm³/mol. The maximum atomic E-state index is 12.6. The van der Waals surface area contributed by atoms with Crippen LogP contribution in [0.15, 0.2) is 60.8 Å². The standard InChI is InChI=1S/C22H22ClN3O2/c1-15-11-19(20(28-3)12-18(15)23)25-21-10-9-17(13-24-21)22(27)26(2)14-16-7-5-4-6-8-16/h4-13H,14H2,1-3H3,(H,24,25). The van der Waals surface area contributed by atoms with E-state index in [0.717, 1.165) is 16.8 Å². The summed E-state index contributed by atoms with van der Waals surface area (Å²) in [7, 11) is 3.37. The van der Waals surface area contributed by atoms with E-state index in [1.165, 1.54) is 0 Å². The minimum absolute atomic E-state index is 0.0807. The molecule has 0 spiro atoms. The first-order valence-corrected chi connectivity index (χ1v) is 9.22. The van der Waals surface area contributed by atoms with Gasteiger partial charge in [-0.15, -0.1) is 0 Å². The monoisotopic (exact) mass is 395 g/mol. The van der Waals surface area contributed by atoms with Gasteiger partial charge in [-0.2, -0.15) is 0 Å². The van der Waals surface area contributed by atoms with E-state index >= 15 is 0 Å². The second kappa shape index (κ2) is 8.76. The van der Waals surface area contributed by atoms with E-state index in [9.17, 15) is 4.79 Å². The zero-order valence-electron chi connectivity index (χ0n) is 16.1. The van der Waals surface area contributed by atoms with Crippen molar-refractivity contribution in [3.63, 3.8) is 0 Å². The highest BCUT2D eigenvalue weighted by molar-refractivity contribution is 6.31. The van der Waals surface area contributed by atoms with Crippen molar-refractivity contribution in [2.24, 2.45) is 0 Å². The number of hydrogen-bond donors (Lipinski definition) is 1. The minimum atomic E-state index is -0.0807. The molecule has 28 heavy (non-hydrogen) atoms. The number of carbonyl (C=O) groups is 1. The molecule has 1 aromatic heterocycles. The van der Waals surface area contributed by atoms with Crippen LogP contribution in [0.3, 0.4) is 0 Å². The third-order valence-electron chi connectivity index (χ3n) is 4.36. The summed E-state index contributed by atoms with van der Waals surface area (Å²) < 4.78 is 5.37. The Morgan fingerprint density at radius 3 is 2.57 bits per heavy atom. The number of halogens is 1. The summed E-state index contributed by atoms with van der Waals surface area (Å²) in [6.07, 6.45) is 1.57. The number of nitrogens with one attached hydrogen (secondary N) is 1. The van der Waals surface area contributed by atoms with Crippen molar-refractivity contribution in [2.75, 3.05) is 19.5 Å². The van der Waals surface area contributed by atoms with Crippen LogP contribution in [0.25, 0.3) is 0 Å². The molecule has 0 bridgehead atoms.